The number of carbonyl (C=O) groups excluding carboxylic acids is 1. The lowest BCUT2D eigenvalue weighted by Gasteiger charge is -2.37. The Morgan fingerprint density at radius 2 is 2.08 bits per heavy atom. The third-order valence-corrected chi connectivity index (χ3v) is 6.93. The van der Waals surface area contributed by atoms with E-state index in [1.807, 2.05) is 32.2 Å². The number of pyridine rings is 1. The van der Waals surface area contributed by atoms with Crippen molar-refractivity contribution in [2.24, 2.45) is 10.7 Å². The number of benzene rings is 1. The van der Waals surface area contributed by atoms with Gasteiger partial charge in [-0.15, -0.1) is 11.3 Å². The van der Waals surface area contributed by atoms with E-state index in [2.05, 4.69) is 9.98 Å². The molecule has 1 aromatic carbocycles. The molecule has 8 nitrogen and oxygen atoms in total. The molecule has 3 aromatic rings. The molecule has 1 aliphatic rings. The third-order valence-electron chi connectivity index (χ3n) is 5.71. The molecule has 38 heavy (non-hydrogen) atoms. The Labute approximate surface area is 229 Å². The fraction of sp³-hybridized carbons (Fsp3) is 0.370. The van der Waals surface area contributed by atoms with Crippen molar-refractivity contribution in [3.05, 3.63) is 52.5 Å². The zero-order chi connectivity index (χ0) is 27.4. The maximum Gasteiger partial charge on any atom is 0.410 e. The predicted octanol–water partition coefficient (Wildman–Crippen LogP) is 5.77. The van der Waals surface area contributed by atoms with E-state index in [4.69, 9.17) is 31.5 Å². The number of ether oxygens (including phenoxy) is 3. The first-order valence-corrected chi connectivity index (χ1v) is 13.3. The van der Waals surface area contributed by atoms with Gasteiger partial charge in [-0.25, -0.2) is 14.2 Å². The fourth-order valence-corrected chi connectivity index (χ4v) is 5.15. The Bertz CT molecular complexity index is 1380. The van der Waals surface area contributed by atoms with Crippen LogP contribution in [0.3, 0.4) is 0 Å². The van der Waals surface area contributed by atoms with Gasteiger partial charge in [-0.2, -0.15) is 0 Å². The van der Waals surface area contributed by atoms with Gasteiger partial charge in [0.05, 0.1) is 18.3 Å². The number of allylic oxidation sites excluding steroid dienone is 1. The van der Waals surface area contributed by atoms with Crippen LogP contribution in [0.4, 0.5) is 9.18 Å². The van der Waals surface area contributed by atoms with Crippen molar-refractivity contribution >= 4 is 50.9 Å². The zero-order valence-electron chi connectivity index (χ0n) is 21.7. The largest absolute Gasteiger partial charge is 0.490 e. The highest BCUT2D eigenvalue weighted by Gasteiger charge is 2.33. The molecule has 0 saturated carbocycles. The second-order valence-electron chi connectivity index (χ2n) is 9.71. The molecule has 0 bridgehead atoms. The summed E-state index contributed by atoms with van der Waals surface area (Å²) in [6, 6.07) is 6.14. The van der Waals surface area contributed by atoms with Crippen molar-refractivity contribution in [2.75, 3.05) is 33.4 Å². The Balaban J connectivity index is 1.67. The van der Waals surface area contributed by atoms with E-state index in [1.165, 1.54) is 29.7 Å². The molecule has 3 heterocycles. The summed E-state index contributed by atoms with van der Waals surface area (Å²) in [6.07, 6.45) is 2.67. The number of aromatic nitrogens is 1. The molecule has 4 rings (SSSR count). The summed E-state index contributed by atoms with van der Waals surface area (Å²) < 4.78 is 31.4. The standard InChI is InChI=1S/C27H30ClFN4O4S/c1-27(2,3)37-26(34)33-14-18(15-33)31-13-16(12-30)23-22(24-20(7-10-38-24)25(28)32-23)19-6-5-17(29)11-21(19)36-9-8-35-4/h5-7,10-13,18H,8-9,14-15,30H2,1-4H3/b16-12+,31-13?. The SMILES string of the molecule is COCCOc1cc(F)ccc1-c1c(/C(C=NC2CN(C(=O)OC(C)(C)C)C2)=C/N)nc(Cl)c2ccsc12. The summed E-state index contributed by atoms with van der Waals surface area (Å²) in [5.74, 6) is -0.0785. The van der Waals surface area contributed by atoms with Crippen LogP contribution in [0.25, 0.3) is 26.8 Å². The van der Waals surface area contributed by atoms with Gasteiger partial charge in [0, 0.05) is 65.5 Å². The van der Waals surface area contributed by atoms with Crippen LogP contribution in [-0.4, -0.2) is 67.2 Å². The Morgan fingerprint density at radius 1 is 1.32 bits per heavy atom. The van der Waals surface area contributed by atoms with Gasteiger partial charge in [0.15, 0.2) is 0 Å². The van der Waals surface area contributed by atoms with Gasteiger partial charge in [0.1, 0.15) is 28.9 Å². The van der Waals surface area contributed by atoms with E-state index in [1.54, 1.807) is 24.3 Å². The van der Waals surface area contributed by atoms with E-state index in [0.29, 0.717) is 53.0 Å². The summed E-state index contributed by atoms with van der Waals surface area (Å²) >= 11 is 8.04. The highest BCUT2D eigenvalue weighted by atomic mass is 35.5. The van der Waals surface area contributed by atoms with Crippen molar-refractivity contribution in [1.82, 2.24) is 9.88 Å². The average molecular weight is 561 g/mol. The third kappa shape index (κ3) is 6.25. The molecule has 202 valence electrons. The molecule has 0 spiro atoms. The minimum atomic E-state index is -0.560. The number of carbonyl (C=O) groups is 1. The van der Waals surface area contributed by atoms with Gasteiger partial charge in [0.2, 0.25) is 0 Å². The lowest BCUT2D eigenvalue weighted by Crippen LogP contribution is -2.54. The van der Waals surface area contributed by atoms with E-state index in [0.717, 1.165) is 10.1 Å². The number of thiophene rings is 1. The zero-order valence-corrected chi connectivity index (χ0v) is 23.2. The number of hydrogen-bond donors (Lipinski definition) is 1. The molecule has 1 amide bonds. The summed E-state index contributed by atoms with van der Waals surface area (Å²) in [5, 5.41) is 3.00. The van der Waals surface area contributed by atoms with Crippen molar-refractivity contribution in [2.45, 2.75) is 32.4 Å². The van der Waals surface area contributed by atoms with Crippen LogP contribution in [0, 0.1) is 5.82 Å². The number of hydrogen-bond acceptors (Lipinski definition) is 8. The monoisotopic (exact) mass is 560 g/mol. The number of nitrogens with zero attached hydrogens (tertiary/aromatic N) is 3. The molecule has 1 saturated heterocycles. The van der Waals surface area contributed by atoms with Crippen LogP contribution in [0.5, 0.6) is 5.75 Å². The van der Waals surface area contributed by atoms with Crippen molar-refractivity contribution in [3.8, 4) is 16.9 Å². The Kier molecular flexibility index (Phi) is 8.54. The topological polar surface area (TPSA) is 99.3 Å². The average Bonchev–Trinajstić information content (AvgIpc) is 3.31. The molecular weight excluding hydrogens is 531 g/mol. The number of aliphatic imine (C=N–C) groups is 1. The lowest BCUT2D eigenvalue weighted by atomic mass is 9.98. The maximum atomic E-state index is 14.2. The number of halogens is 2. The van der Waals surface area contributed by atoms with E-state index in [-0.39, 0.29) is 18.7 Å². The van der Waals surface area contributed by atoms with E-state index in [9.17, 15) is 9.18 Å². The van der Waals surface area contributed by atoms with E-state index < -0.39 is 11.4 Å². The minimum Gasteiger partial charge on any atom is -0.490 e. The van der Waals surface area contributed by atoms with Crippen LogP contribution in [0.15, 0.2) is 40.8 Å². The number of amides is 1. The second kappa shape index (κ2) is 11.7. The molecular formula is C27H30ClFN4O4S. The number of methoxy groups -OCH3 is 1. The maximum absolute atomic E-state index is 14.2. The number of likely N-dealkylation sites (tertiary alicyclic amines) is 1. The van der Waals surface area contributed by atoms with Crippen LogP contribution >= 0.6 is 22.9 Å². The molecule has 11 heteroatoms. The smallest absolute Gasteiger partial charge is 0.410 e. The molecule has 2 N–H and O–H groups in total. The minimum absolute atomic E-state index is 0.111. The Morgan fingerprint density at radius 3 is 2.76 bits per heavy atom. The van der Waals surface area contributed by atoms with Crippen molar-refractivity contribution < 1.29 is 23.4 Å². The molecule has 0 radical (unpaired) electrons. The summed E-state index contributed by atoms with van der Waals surface area (Å²) in [6.45, 7) is 6.94. The van der Waals surface area contributed by atoms with E-state index >= 15 is 0 Å². The first kappa shape index (κ1) is 27.8. The highest BCUT2D eigenvalue weighted by Crippen LogP contribution is 2.43. The van der Waals surface area contributed by atoms with Gasteiger partial charge >= 0.3 is 6.09 Å². The lowest BCUT2D eigenvalue weighted by molar-refractivity contribution is 0.00911. The Hall–Kier alpha value is -3.21. The van der Waals surface area contributed by atoms with Crippen LogP contribution < -0.4 is 10.5 Å². The first-order valence-electron chi connectivity index (χ1n) is 12.0. The number of rotatable bonds is 8. The second-order valence-corrected chi connectivity index (χ2v) is 11.0. The normalized spacial score (nSPS) is 14.8. The van der Waals surface area contributed by atoms with Gasteiger partial charge < -0.3 is 24.8 Å². The van der Waals surface area contributed by atoms with Gasteiger partial charge in [0.25, 0.3) is 0 Å². The predicted molar refractivity (Wildman–Crippen MR) is 150 cm³/mol. The molecule has 2 aromatic heterocycles. The van der Waals surface area contributed by atoms with Gasteiger partial charge in [-0.05, 0) is 44.4 Å². The molecule has 1 fully saturated rings. The number of nitrogens with two attached hydrogens (primary N) is 1. The van der Waals surface area contributed by atoms with Gasteiger partial charge in [-0.3, -0.25) is 4.99 Å². The molecule has 1 aliphatic heterocycles. The number of fused-ring (bicyclic) bond motifs is 1. The quantitative estimate of drug-likeness (QED) is 0.213. The van der Waals surface area contributed by atoms with Gasteiger partial charge in [-0.1, -0.05) is 11.6 Å². The first-order chi connectivity index (χ1) is 18.1. The molecule has 0 aliphatic carbocycles. The summed E-state index contributed by atoms with van der Waals surface area (Å²) in [4.78, 5) is 23.1. The summed E-state index contributed by atoms with van der Waals surface area (Å²) in [7, 11) is 1.57. The van der Waals surface area contributed by atoms with Crippen LogP contribution in [-0.2, 0) is 9.47 Å². The van der Waals surface area contributed by atoms with Crippen molar-refractivity contribution in [1.29, 1.82) is 0 Å². The summed E-state index contributed by atoms with van der Waals surface area (Å²) in [5.41, 5.74) is 7.85. The fourth-order valence-electron chi connectivity index (χ4n) is 3.90. The van der Waals surface area contributed by atoms with Crippen LogP contribution in [0.2, 0.25) is 5.15 Å². The molecule has 0 unspecified atom stereocenters. The van der Waals surface area contributed by atoms with Crippen molar-refractivity contribution in [3.63, 3.8) is 0 Å². The highest BCUT2D eigenvalue weighted by molar-refractivity contribution is 7.18. The molecule has 0 atom stereocenters. The van der Waals surface area contributed by atoms with Crippen LogP contribution in [0.1, 0.15) is 26.5 Å².